The fraction of sp³-hybridized carbons (Fsp3) is 0.867. The quantitative estimate of drug-likeness (QED) is 0.299. The summed E-state index contributed by atoms with van der Waals surface area (Å²) in [7, 11) is 4.81. The first kappa shape index (κ1) is 17.6. The van der Waals surface area contributed by atoms with Crippen molar-refractivity contribution in [2.45, 2.75) is 57.8 Å². The van der Waals surface area contributed by atoms with Crippen LogP contribution < -0.4 is 0 Å². The lowest BCUT2D eigenvalue weighted by Gasteiger charge is -2.34. The maximum Gasteiger partial charge on any atom is 0.288 e. The van der Waals surface area contributed by atoms with Crippen molar-refractivity contribution >= 4 is 0 Å². The Hall–Kier alpha value is -0.380. The Balaban J connectivity index is 4.05. The molecule has 0 bridgehead atoms. The highest BCUT2D eigenvalue weighted by atomic mass is 16.9. The standard InChI is InChI=1S/C15H30O3/c1-6-8-9-10-11-12-13-14(7-2)15(16-3,17-4)18-5/h7,14H,2,6,8-13H2,1,3-5H3. The van der Waals surface area contributed by atoms with Gasteiger partial charge in [0, 0.05) is 21.3 Å². The average molecular weight is 258 g/mol. The Bertz CT molecular complexity index is 192. The molecule has 0 aliphatic rings. The highest BCUT2D eigenvalue weighted by Crippen LogP contribution is 2.29. The number of hydrogen-bond donors (Lipinski definition) is 0. The van der Waals surface area contributed by atoms with Gasteiger partial charge in [0.2, 0.25) is 0 Å². The number of unbranched alkanes of at least 4 members (excludes halogenated alkanes) is 5. The van der Waals surface area contributed by atoms with Crippen LogP contribution in [0.15, 0.2) is 12.7 Å². The molecular formula is C15H30O3. The molecule has 0 aliphatic heterocycles. The second kappa shape index (κ2) is 10.5. The van der Waals surface area contributed by atoms with E-state index < -0.39 is 5.97 Å². The van der Waals surface area contributed by atoms with Gasteiger partial charge >= 0.3 is 0 Å². The topological polar surface area (TPSA) is 27.7 Å². The van der Waals surface area contributed by atoms with Crippen molar-refractivity contribution in [3.63, 3.8) is 0 Å². The maximum absolute atomic E-state index is 5.37. The van der Waals surface area contributed by atoms with Gasteiger partial charge in [-0.05, 0) is 6.42 Å². The van der Waals surface area contributed by atoms with Crippen LogP contribution in [0.2, 0.25) is 0 Å². The lowest BCUT2D eigenvalue weighted by atomic mass is 9.97. The lowest BCUT2D eigenvalue weighted by Crippen LogP contribution is -2.43. The van der Waals surface area contributed by atoms with Gasteiger partial charge in [0.05, 0.1) is 5.92 Å². The highest BCUT2D eigenvalue weighted by Gasteiger charge is 2.37. The molecule has 0 aliphatic carbocycles. The predicted molar refractivity (Wildman–Crippen MR) is 75.4 cm³/mol. The van der Waals surface area contributed by atoms with E-state index in [0.29, 0.717) is 0 Å². The van der Waals surface area contributed by atoms with E-state index in [1.807, 2.05) is 6.08 Å². The van der Waals surface area contributed by atoms with E-state index in [-0.39, 0.29) is 5.92 Å². The van der Waals surface area contributed by atoms with Gasteiger partial charge in [0.25, 0.3) is 5.97 Å². The van der Waals surface area contributed by atoms with Crippen molar-refractivity contribution < 1.29 is 14.2 Å². The third kappa shape index (κ3) is 5.51. The minimum absolute atomic E-state index is 0.0590. The van der Waals surface area contributed by atoms with E-state index in [4.69, 9.17) is 14.2 Å². The van der Waals surface area contributed by atoms with Crippen molar-refractivity contribution in [2.75, 3.05) is 21.3 Å². The first-order valence-electron chi connectivity index (χ1n) is 6.98. The zero-order chi connectivity index (χ0) is 13.9. The summed E-state index contributed by atoms with van der Waals surface area (Å²) < 4.78 is 16.1. The summed E-state index contributed by atoms with van der Waals surface area (Å²) in [4.78, 5) is 0. The number of ether oxygens (including phenoxy) is 3. The van der Waals surface area contributed by atoms with Gasteiger partial charge in [0.15, 0.2) is 0 Å². The van der Waals surface area contributed by atoms with E-state index in [1.54, 1.807) is 21.3 Å². The Kier molecular flexibility index (Phi) is 10.3. The Morgan fingerprint density at radius 2 is 1.44 bits per heavy atom. The fourth-order valence-corrected chi connectivity index (χ4v) is 2.29. The third-order valence-corrected chi connectivity index (χ3v) is 3.46. The smallest absolute Gasteiger partial charge is 0.288 e. The van der Waals surface area contributed by atoms with Gasteiger partial charge in [-0.3, -0.25) is 0 Å². The van der Waals surface area contributed by atoms with Crippen molar-refractivity contribution in [3.8, 4) is 0 Å². The van der Waals surface area contributed by atoms with Crippen LogP contribution in [-0.2, 0) is 14.2 Å². The first-order chi connectivity index (χ1) is 8.70. The van der Waals surface area contributed by atoms with Crippen LogP contribution in [-0.4, -0.2) is 27.3 Å². The summed E-state index contributed by atoms with van der Waals surface area (Å²) >= 11 is 0. The third-order valence-electron chi connectivity index (χ3n) is 3.46. The molecule has 0 aromatic carbocycles. The lowest BCUT2D eigenvalue weighted by molar-refractivity contribution is -0.372. The molecular weight excluding hydrogens is 228 g/mol. The molecule has 0 saturated heterocycles. The fourth-order valence-electron chi connectivity index (χ4n) is 2.29. The number of hydrogen-bond acceptors (Lipinski definition) is 3. The van der Waals surface area contributed by atoms with Crippen LogP contribution >= 0.6 is 0 Å². The van der Waals surface area contributed by atoms with E-state index in [0.717, 1.165) is 12.8 Å². The van der Waals surface area contributed by atoms with Crippen LogP contribution in [0, 0.1) is 5.92 Å². The second-order valence-corrected chi connectivity index (χ2v) is 4.61. The largest absolute Gasteiger partial charge is 0.330 e. The van der Waals surface area contributed by atoms with Gasteiger partial charge in [0.1, 0.15) is 0 Å². The normalized spacial score (nSPS) is 13.6. The molecule has 0 spiro atoms. The van der Waals surface area contributed by atoms with Gasteiger partial charge in [-0.2, -0.15) is 0 Å². The molecule has 0 aromatic rings. The maximum atomic E-state index is 5.37. The molecule has 0 rings (SSSR count). The molecule has 1 unspecified atom stereocenters. The van der Waals surface area contributed by atoms with Gasteiger partial charge in [-0.1, -0.05) is 51.5 Å². The van der Waals surface area contributed by atoms with E-state index in [9.17, 15) is 0 Å². The molecule has 0 saturated carbocycles. The molecule has 0 radical (unpaired) electrons. The first-order valence-corrected chi connectivity index (χ1v) is 6.98. The van der Waals surface area contributed by atoms with Gasteiger partial charge < -0.3 is 14.2 Å². The summed E-state index contributed by atoms with van der Waals surface area (Å²) in [5.41, 5.74) is 0. The average Bonchev–Trinajstić information content (AvgIpc) is 2.42. The van der Waals surface area contributed by atoms with Crippen LogP contribution in [0.3, 0.4) is 0 Å². The minimum Gasteiger partial charge on any atom is -0.330 e. The van der Waals surface area contributed by atoms with Crippen LogP contribution in [0.5, 0.6) is 0 Å². The molecule has 0 amide bonds. The van der Waals surface area contributed by atoms with E-state index >= 15 is 0 Å². The molecule has 0 heterocycles. The molecule has 3 nitrogen and oxygen atoms in total. The monoisotopic (exact) mass is 258 g/mol. The van der Waals surface area contributed by atoms with Crippen molar-refractivity contribution in [3.05, 3.63) is 12.7 Å². The molecule has 1 atom stereocenters. The Morgan fingerprint density at radius 3 is 1.89 bits per heavy atom. The zero-order valence-corrected chi connectivity index (χ0v) is 12.5. The van der Waals surface area contributed by atoms with Crippen LogP contribution in [0.4, 0.5) is 0 Å². The van der Waals surface area contributed by atoms with Crippen LogP contribution in [0.1, 0.15) is 51.9 Å². The summed E-state index contributed by atoms with van der Waals surface area (Å²) in [6.45, 7) is 6.09. The molecule has 0 N–H and O–H groups in total. The molecule has 18 heavy (non-hydrogen) atoms. The van der Waals surface area contributed by atoms with Crippen molar-refractivity contribution in [2.24, 2.45) is 5.92 Å². The molecule has 0 fully saturated rings. The van der Waals surface area contributed by atoms with Crippen molar-refractivity contribution in [1.82, 2.24) is 0 Å². The summed E-state index contributed by atoms with van der Waals surface area (Å²) in [6, 6.07) is 0. The Morgan fingerprint density at radius 1 is 0.944 bits per heavy atom. The van der Waals surface area contributed by atoms with Gasteiger partial charge in [-0.15, -0.1) is 6.58 Å². The summed E-state index contributed by atoms with van der Waals surface area (Å²) in [5.74, 6) is -0.922. The Labute approximate surface area is 112 Å². The molecule has 108 valence electrons. The zero-order valence-electron chi connectivity index (χ0n) is 12.5. The molecule has 3 heteroatoms. The summed E-state index contributed by atoms with van der Waals surface area (Å²) in [6.07, 6.45) is 10.5. The van der Waals surface area contributed by atoms with E-state index in [2.05, 4.69) is 13.5 Å². The SMILES string of the molecule is C=CC(CCCCCCCC)C(OC)(OC)OC. The highest BCUT2D eigenvalue weighted by molar-refractivity contribution is 4.86. The predicted octanol–water partition coefficient (Wildman–Crippen LogP) is 4.13. The number of methoxy groups -OCH3 is 3. The van der Waals surface area contributed by atoms with Gasteiger partial charge in [-0.25, -0.2) is 0 Å². The second-order valence-electron chi connectivity index (χ2n) is 4.61. The summed E-state index contributed by atoms with van der Waals surface area (Å²) in [5, 5.41) is 0. The van der Waals surface area contributed by atoms with Crippen molar-refractivity contribution in [1.29, 1.82) is 0 Å². The minimum atomic E-state index is -0.981. The van der Waals surface area contributed by atoms with E-state index in [1.165, 1.54) is 32.1 Å². The molecule has 0 aromatic heterocycles. The number of rotatable bonds is 12. The van der Waals surface area contributed by atoms with Crippen LogP contribution in [0.25, 0.3) is 0 Å².